The van der Waals surface area contributed by atoms with Crippen molar-refractivity contribution in [1.82, 2.24) is 0 Å². The molecule has 0 saturated carbocycles. The third-order valence-corrected chi connectivity index (χ3v) is 2.16. The van der Waals surface area contributed by atoms with Crippen LogP contribution in [0, 0.1) is 6.92 Å². The van der Waals surface area contributed by atoms with Crippen LogP contribution in [0.15, 0.2) is 48.1 Å². The smallest absolute Gasteiger partial charge is 0.255 e. The fourth-order valence-corrected chi connectivity index (χ4v) is 1.47. The minimum absolute atomic E-state index is 0.175. The Balaban J connectivity index is 2.91. The molecule has 1 aromatic carbocycles. The van der Waals surface area contributed by atoms with E-state index in [1.165, 1.54) is 6.20 Å². The topological polar surface area (TPSA) is 73.9 Å². The number of carbonyl (C=O) groups excluding carboxylic acids is 1. The van der Waals surface area contributed by atoms with Gasteiger partial charge in [-0.3, -0.25) is 4.79 Å². The van der Waals surface area contributed by atoms with E-state index in [4.69, 9.17) is 15.2 Å². The van der Waals surface area contributed by atoms with Gasteiger partial charge in [0.15, 0.2) is 6.61 Å². The lowest BCUT2D eigenvalue weighted by Crippen LogP contribution is -2.20. The number of ether oxygens (including phenoxy) is 2. The summed E-state index contributed by atoms with van der Waals surface area (Å²) in [6.45, 7) is 7.11. The highest BCUT2D eigenvalue weighted by molar-refractivity contribution is 5.89. The molecule has 106 valence electrons. The van der Waals surface area contributed by atoms with Gasteiger partial charge in [-0.2, -0.15) is 0 Å². The van der Waals surface area contributed by atoms with Gasteiger partial charge >= 0.3 is 0 Å². The molecule has 1 amide bonds. The number of carbonyl (C=O) groups is 1. The van der Waals surface area contributed by atoms with Crippen LogP contribution in [-0.2, 0) is 4.79 Å². The summed E-state index contributed by atoms with van der Waals surface area (Å²) >= 11 is 0. The van der Waals surface area contributed by atoms with Gasteiger partial charge in [-0.15, -0.1) is 0 Å². The van der Waals surface area contributed by atoms with E-state index in [9.17, 15) is 4.79 Å². The predicted molar refractivity (Wildman–Crippen MR) is 78.9 cm³/mol. The fourth-order valence-electron chi connectivity index (χ4n) is 1.47. The highest BCUT2D eigenvalue weighted by Gasteiger charge is 2.04. The van der Waals surface area contributed by atoms with E-state index in [1.807, 2.05) is 26.0 Å². The molecule has 2 N–H and O–H groups in total. The number of hydrogen-bond acceptors (Lipinski definition) is 4. The summed E-state index contributed by atoms with van der Waals surface area (Å²) in [5.74, 6) is 0.950. The molecule has 0 heterocycles. The summed E-state index contributed by atoms with van der Waals surface area (Å²) in [6, 6.07) is 5.28. The Hall–Kier alpha value is -2.56. The van der Waals surface area contributed by atoms with E-state index in [2.05, 4.69) is 11.6 Å². The van der Waals surface area contributed by atoms with Gasteiger partial charge in [-0.05, 0) is 37.6 Å². The molecule has 5 nitrogen and oxygen atoms in total. The lowest BCUT2D eigenvalue weighted by atomic mass is 10.2. The van der Waals surface area contributed by atoms with Crippen LogP contribution < -0.4 is 15.2 Å². The zero-order valence-corrected chi connectivity index (χ0v) is 11.6. The molecule has 20 heavy (non-hydrogen) atoms. The first-order valence-electron chi connectivity index (χ1n) is 6.07. The van der Waals surface area contributed by atoms with Crippen molar-refractivity contribution in [1.29, 1.82) is 0 Å². The molecule has 0 spiro atoms. The van der Waals surface area contributed by atoms with Crippen LogP contribution in [0.4, 0.5) is 0 Å². The number of amides is 1. The zero-order chi connectivity index (χ0) is 15.0. The van der Waals surface area contributed by atoms with Crippen molar-refractivity contribution < 1.29 is 14.3 Å². The second kappa shape index (κ2) is 7.78. The first kappa shape index (κ1) is 15.5. The van der Waals surface area contributed by atoms with Crippen molar-refractivity contribution in [3.05, 3.63) is 48.7 Å². The lowest BCUT2D eigenvalue weighted by molar-refractivity contribution is -0.119. The molecule has 0 radical (unpaired) electrons. The zero-order valence-electron chi connectivity index (χ0n) is 11.6. The molecule has 0 bridgehead atoms. The number of nitrogens with zero attached hydrogens (tertiary/aromatic N) is 1. The maximum Gasteiger partial charge on any atom is 0.255 e. The van der Waals surface area contributed by atoms with Crippen LogP contribution in [0.5, 0.6) is 11.5 Å². The lowest BCUT2D eigenvalue weighted by Gasteiger charge is -2.09. The van der Waals surface area contributed by atoms with Crippen molar-refractivity contribution in [2.75, 3.05) is 6.61 Å². The summed E-state index contributed by atoms with van der Waals surface area (Å²) in [6.07, 6.45) is 4.92. The molecule has 0 aliphatic rings. The molecule has 0 atom stereocenters. The maximum atomic E-state index is 10.7. The third kappa shape index (κ3) is 5.39. The first-order chi connectivity index (χ1) is 9.55. The van der Waals surface area contributed by atoms with Crippen LogP contribution in [0.2, 0.25) is 0 Å². The van der Waals surface area contributed by atoms with Gasteiger partial charge in [-0.25, -0.2) is 4.99 Å². The van der Waals surface area contributed by atoms with Gasteiger partial charge in [-0.1, -0.05) is 12.7 Å². The molecular weight excluding hydrogens is 256 g/mol. The second-order valence-corrected chi connectivity index (χ2v) is 3.99. The van der Waals surface area contributed by atoms with E-state index in [1.54, 1.807) is 18.2 Å². The van der Waals surface area contributed by atoms with Crippen molar-refractivity contribution in [2.24, 2.45) is 10.7 Å². The van der Waals surface area contributed by atoms with Gasteiger partial charge in [0.1, 0.15) is 11.5 Å². The molecule has 1 rings (SSSR count). The Morgan fingerprint density at radius 1 is 1.40 bits per heavy atom. The molecule has 0 aromatic heterocycles. The average Bonchev–Trinajstić information content (AvgIpc) is 2.36. The number of allylic oxidation sites excluding steroid dienone is 1. The number of rotatable bonds is 6. The van der Waals surface area contributed by atoms with Gasteiger partial charge in [0.2, 0.25) is 5.90 Å². The largest absolute Gasteiger partial charge is 0.484 e. The highest BCUT2D eigenvalue weighted by atomic mass is 16.5. The number of aliphatic imine (C=N–C) groups is 1. The van der Waals surface area contributed by atoms with Crippen LogP contribution >= 0.6 is 0 Å². The Kier molecular flexibility index (Phi) is 6.03. The van der Waals surface area contributed by atoms with Crippen molar-refractivity contribution in [2.45, 2.75) is 13.8 Å². The van der Waals surface area contributed by atoms with Crippen LogP contribution in [0.25, 0.3) is 0 Å². The van der Waals surface area contributed by atoms with E-state index in [-0.39, 0.29) is 6.61 Å². The minimum atomic E-state index is -0.531. The normalized spacial score (nSPS) is 11.4. The molecule has 0 unspecified atom stereocenters. The van der Waals surface area contributed by atoms with Crippen LogP contribution in [0.3, 0.4) is 0 Å². The van der Waals surface area contributed by atoms with Crippen molar-refractivity contribution in [3.8, 4) is 11.5 Å². The van der Waals surface area contributed by atoms with Gasteiger partial charge in [0.05, 0.1) is 0 Å². The number of benzene rings is 1. The van der Waals surface area contributed by atoms with Crippen molar-refractivity contribution in [3.63, 3.8) is 0 Å². The number of nitrogens with two attached hydrogens (primary N) is 1. The Bertz CT molecular complexity index is 548. The quantitative estimate of drug-likeness (QED) is 0.639. The van der Waals surface area contributed by atoms with E-state index < -0.39 is 5.91 Å². The fraction of sp³-hybridized carbons (Fsp3) is 0.200. The van der Waals surface area contributed by atoms with E-state index in [0.29, 0.717) is 17.4 Å². The molecule has 0 saturated heterocycles. The van der Waals surface area contributed by atoms with Crippen LogP contribution in [-0.4, -0.2) is 18.4 Å². The van der Waals surface area contributed by atoms with Gasteiger partial charge in [0.25, 0.3) is 5.91 Å². The number of hydrogen-bond donors (Lipinski definition) is 1. The minimum Gasteiger partial charge on any atom is -0.484 e. The predicted octanol–water partition coefficient (Wildman–Crippen LogP) is 2.36. The number of primary amides is 1. The molecular formula is C15H18N2O3. The van der Waals surface area contributed by atoms with E-state index >= 15 is 0 Å². The van der Waals surface area contributed by atoms with Crippen molar-refractivity contribution >= 4 is 11.8 Å². The first-order valence-corrected chi connectivity index (χ1v) is 6.07. The molecule has 1 aromatic rings. The highest BCUT2D eigenvalue weighted by Crippen LogP contribution is 2.23. The monoisotopic (exact) mass is 274 g/mol. The van der Waals surface area contributed by atoms with E-state index in [0.717, 1.165) is 5.56 Å². The Morgan fingerprint density at radius 2 is 2.10 bits per heavy atom. The second-order valence-electron chi connectivity index (χ2n) is 3.99. The Morgan fingerprint density at radius 3 is 2.70 bits per heavy atom. The third-order valence-electron chi connectivity index (χ3n) is 2.16. The maximum absolute atomic E-state index is 10.7. The summed E-state index contributed by atoms with van der Waals surface area (Å²) in [4.78, 5) is 14.7. The standard InChI is InChI=1S/C15H18N2O3/c1-4-6-15(17-5-2)20-13-8-11(3)7-12(9-13)19-10-14(16)18/h4-9H,2,10H2,1,3H3,(H2,16,18)/b6-4-,17-15+. The summed E-state index contributed by atoms with van der Waals surface area (Å²) in [5, 5.41) is 0. The molecule has 0 aliphatic carbocycles. The summed E-state index contributed by atoms with van der Waals surface area (Å²) < 4.78 is 10.9. The molecule has 0 fully saturated rings. The van der Waals surface area contributed by atoms with Crippen LogP contribution in [0.1, 0.15) is 12.5 Å². The summed E-state index contributed by atoms with van der Waals surface area (Å²) in [5.41, 5.74) is 5.97. The Labute approximate surface area is 118 Å². The summed E-state index contributed by atoms with van der Waals surface area (Å²) in [7, 11) is 0. The molecule has 0 aliphatic heterocycles. The number of aryl methyl sites for hydroxylation is 1. The van der Waals surface area contributed by atoms with Gasteiger partial charge in [0, 0.05) is 12.3 Å². The SMILES string of the molecule is C=C/N=C(\C=C/C)Oc1cc(C)cc(OCC(N)=O)c1. The molecule has 5 heteroatoms. The van der Waals surface area contributed by atoms with Gasteiger partial charge < -0.3 is 15.2 Å². The average molecular weight is 274 g/mol.